The van der Waals surface area contributed by atoms with Gasteiger partial charge in [0.15, 0.2) is 11.4 Å². The second-order valence-corrected chi connectivity index (χ2v) is 10.3. The van der Waals surface area contributed by atoms with Crippen molar-refractivity contribution in [2.75, 3.05) is 28.3 Å². The summed E-state index contributed by atoms with van der Waals surface area (Å²) in [6, 6.07) is 15.7. The number of aliphatic hydroxyl groups is 1. The molecule has 4 atom stereocenters. The summed E-state index contributed by atoms with van der Waals surface area (Å²) < 4.78 is 33.0. The molecule has 0 spiro atoms. The number of rotatable bonds is 5. The van der Waals surface area contributed by atoms with E-state index in [1.165, 1.54) is 51.4 Å². The number of fused-ring (bicyclic) bond motifs is 3. The standard InChI is InChI=1S/C28H25BrFNO6/c1-31(2)26(33)22-23(15-6-5-7-18(30)12-15)28(16-8-10-17(29)11-9-16)27(34,25(22)32)24-20(36-4)13-19(35-3)14-21(24)37-28/h5-14,22-23,34H,1-4H3. The summed E-state index contributed by atoms with van der Waals surface area (Å²) >= 11 is 3.43. The molecule has 0 saturated heterocycles. The number of ketones is 1. The minimum atomic E-state index is -2.35. The van der Waals surface area contributed by atoms with Crippen LogP contribution in [0.5, 0.6) is 17.2 Å². The number of carbonyl (C=O) groups is 2. The number of methoxy groups -OCH3 is 2. The first-order valence-corrected chi connectivity index (χ1v) is 12.3. The lowest BCUT2D eigenvalue weighted by molar-refractivity contribution is -0.153. The highest BCUT2D eigenvalue weighted by molar-refractivity contribution is 9.10. The van der Waals surface area contributed by atoms with Crippen LogP contribution in [0, 0.1) is 11.7 Å². The smallest absolute Gasteiger partial charge is 0.233 e. The minimum Gasteiger partial charge on any atom is -0.496 e. The summed E-state index contributed by atoms with van der Waals surface area (Å²) in [6.07, 6.45) is 0. The Hall–Kier alpha value is -3.43. The first kappa shape index (κ1) is 25.2. The van der Waals surface area contributed by atoms with Crippen LogP contribution < -0.4 is 14.2 Å². The SMILES string of the molecule is COc1cc(OC)c2c(c1)OC1(c3ccc(Br)cc3)C(c3cccc(F)c3)C(C(=O)N(C)C)C(=O)C21O. The molecule has 37 heavy (non-hydrogen) atoms. The number of hydrogen-bond donors (Lipinski definition) is 1. The van der Waals surface area contributed by atoms with Crippen LogP contribution >= 0.6 is 15.9 Å². The van der Waals surface area contributed by atoms with Crippen molar-refractivity contribution in [2.24, 2.45) is 5.92 Å². The zero-order valence-electron chi connectivity index (χ0n) is 20.6. The van der Waals surface area contributed by atoms with Gasteiger partial charge in [0, 0.05) is 30.7 Å². The maximum atomic E-state index is 14.6. The second kappa shape index (κ2) is 8.85. The van der Waals surface area contributed by atoms with Gasteiger partial charge in [0.05, 0.1) is 25.7 Å². The quantitative estimate of drug-likeness (QED) is 0.465. The molecule has 1 aliphatic heterocycles. The van der Waals surface area contributed by atoms with E-state index >= 15 is 0 Å². The largest absolute Gasteiger partial charge is 0.496 e. The minimum absolute atomic E-state index is 0.0965. The highest BCUT2D eigenvalue weighted by Gasteiger charge is 2.78. The zero-order chi connectivity index (χ0) is 26.7. The average Bonchev–Trinajstić information content (AvgIpc) is 3.26. The molecule has 7 nitrogen and oxygen atoms in total. The number of halogens is 2. The molecule has 0 aromatic heterocycles. The van der Waals surface area contributed by atoms with Crippen LogP contribution in [0.3, 0.4) is 0 Å². The zero-order valence-corrected chi connectivity index (χ0v) is 22.2. The summed E-state index contributed by atoms with van der Waals surface area (Å²) in [4.78, 5) is 29.3. The predicted molar refractivity (Wildman–Crippen MR) is 136 cm³/mol. The molecular formula is C28H25BrFNO6. The number of carbonyl (C=O) groups excluding carboxylic acids is 2. The Labute approximate surface area is 221 Å². The van der Waals surface area contributed by atoms with E-state index in [0.29, 0.717) is 16.9 Å². The molecule has 2 aliphatic rings. The number of hydrogen-bond acceptors (Lipinski definition) is 6. The Balaban J connectivity index is 1.91. The van der Waals surface area contributed by atoms with Gasteiger partial charge in [-0.3, -0.25) is 9.59 Å². The van der Waals surface area contributed by atoms with Crippen LogP contribution in [0.2, 0.25) is 0 Å². The van der Waals surface area contributed by atoms with Gasteiger partial charge in [-0.15, -0.1) is 0 Å². The average molecular weight is 570 g/mol. The second-order valence-electron chi connectivity index (χ2n) is 9.37. The van der Waals surface area contributed by atoms with E-state index in [0.717, 1.165) is 4.47 Å². The molecular weight excluding hydrogens is 545 g/mol. The van der Waals surface area contributed by atoms with E-state index < -0.39 is 40.5 Å². The molecule has 0 radical (unpaired) electrons. The normalized spacial score (nSPS) is 25.8. The van der Waals surface area contributed by atoms with Crippen LogP contribution in [0.1, 0.15) is 22.6 Å². The predicted octanol–water partition coefficient (Wildman–Crippen LogP) is 4.15. The van der Waals surface area contributed by atoms with Gasteiger partial charge < -0.3 is 24.2 Å². The van der Waals surface area contributed by atoms with E-state index in [4.69, 9.17) is 14.2 Å². The van der Waals surface area contributed by atoms with Crippen LogP contribution in [0.25, 0.3) is 0 Å². The molecule has 3 aromatic carbocycles. The highest BCUT2D eigenvalue weighted by atomic mass is 79.9. The van der Waals surface area contributed by atoms with E-state index in [2.05, 4.69) is 15.9 Å². The van der Waals surface area contributed by atoms with Crippen LogP contribution in [0.15, 0.2) is 65.1 Å². The Morgan fingerprint density at radius 3 is 2.38 bits per heavy atom. The molecule has 1 fully saturated rings. The molecule has 1 N–H and O–H groups in total. The van der Waals surface area contributed by atoms with Crippen molar-refractivity contribution in [3.8, 4) is 17.2 Å². The van der Waals surface area contributed by atoms with E-state index in [1.54, 1.807) is 42.5 Å². The molecule has 1 heterocycles. The van der Waals surface area contributed by atoms with Gasteiger partial charge in [-0.1, -0.05) is 40.2 Å². The van der Waals surface area contributed by atoms with Crippen LogP contribution in [0.4, 0.5) is 4.39 Å². The molecule has 192 valence electrons. The number of ether oxygens (including phenoxy) is 3. The lowest BCUT2D eigenvalue weighted by Gasteiger charge is -2.39. The third-order valence-electron chi connectivity index (χ3n) is 7.26. The fraction of sp³-hybridized carbons (Fsp3) is 0.286. The molecule has 1 aliphatic carbocycles. The molecule has 4 unspecified atom stereocenters. The van der Waals surface area contributed by atoms with Gasteiger partial charge in [0.2, 0.25) is 11.5 Å². The first-order chi connectivity index (χ1) is 17.6. The van der Waals surface area contributed by atoms with Crippen LogP contribution in [-0.4, -0.2) is 50.0 Å². The number of nitrogens with zero attached hydrogens (tertiary/aromatic N) is 1. The molecule has 5 rings (SSSR count). The van der Waals surface area contributed by atoms with Gasteiger partial charge in [0.25, 0.3) is 0 Å². The Kier molecular flexibility index (Phi) is 6.03. The Morgan fingerprint density at radius 1 is 1.08 bits per heavy atom. The molecule has 1 amide bonds. The molecule has 9 heteroatoms. The summed E-state index contributed by atoms with van der Waals surface area (Å²) in [5.41, 5.74) is -3.30. The van der Waals surface area contributed by atoms with Crippen molar-refractivity contribution in [2.45, 2.75) is 17.1 Å². The molecule has 1 saturated carbocycles. The van der Waals surface area contributed by atoms with Gasteiger partial charge in [-0.2, -0.15) is 0 Å². The molecule has 3 aromatic rings. The van der Waals surface area contributed by atoms with Gasteiger partial charge in [-0.05, 0) is 35.4 Å². The van der Waals surface area contributed by atoms with Gasteiger partial charge >= 0.3 is 0 Å². The summed E-state index contributed by atoms with van der Waals surface area (Å²) in [5, 5.41) is 12.6. The highest BCUT2D eigenvalue weighted by Crippen LogP contribution is 2.69. The third kappa shape index (κ3) is 3.40. The fourth-order valence-corrected chi connectivity index (χ4v) is 5.99. The third-order valence-corrected chi connectivity index (χ3v) is 7.79. The monoisotopic (exact) mass is 569 g/mol. The van der Waals surface area contributed by atoms with E-state index in [9.17, 15) is 19.1 Å². The van der Waals surface area contributed by atoms with Crippen molar-refractivity contribution < 1.29 is 33.3 Å². The molecule has 0 bridgehead atoms. The van der Waals surface area contributed by atoms with Crippen molar-refractivity contribution >= 4 is 27.6 Å². The number of Topliss-reactive ketones (excluding diaryl/α,β-unsaturated/α-hetero) is 1. The maximum absolute atomic E-state index is 14.6. The summed E-state index contributed by atoms with van der Waals surface area (Å²) in [5.74, 6) is -3.56. The van der Waals surface area contributed by atoms with E-state index in [-0.39, 0.29) is 17.1 Å². The summed E-state index contributed by atoms with van der Waals surface area (Å²) in [7, 11) is 5.94. The Bertz CT molecular complexity index is 1410. The van der Waals surface area contributed by atoms with Gasteiger partial charge in [0.1, 0.15) is 29.0 Å². The number of amides is 1. The first-order valence-electron chi connectivity index (χ1n) is 11.5. The van der Waals surface area contributed by atoms with Crippen molar-refractivity contribution in [1.82, 2.24) is 4.90 Å². The number of benzene rings is 3. The van der Waals surface area contributed by atoms with Crippen LogP contribution in [-0.2, 0) is 20.8 Å². The lowest BCUT2D eigenvalue weighted by atomic mass is 9.70. The van der Waals surface area contributed by atoms with Gasteiger partial charge in [-0.25, -0.2) is 4.39 Å². The maximum Gasteiger partial charge on any atom is 0.233 e. The lowest BCUT2D eigenvalue weighted by Crippen LogP contribution is -2.50. The topological polar surface area (TPSA) is 85.3 Å². The summed E-state index contributed by atoms with van der Waals surface area (Å²) in [6.45, 7) is 0. The van der Waals surface area contributed by atoms with Crippen molar-refractivity contribution in [3.05, 3.63) is 87.6 Å². The van der Waals surface area contributed by atoms with Crippen molar-refractivity contribution in [3.63, 3.8) is 0 Å². The Morgan fingerprint density at radius 2 is 1.78 bits per heavy atom. The van der Waals surface area contributed by atoms with E-state index in [1.807, 2.05) is 0 Å². The fourth-order valence-electron chi connectivity index (χ4n) is 5.73. The van der Waals surface area contributed by atoms with Crippen molar-refractivity contribution in [1.29, 1.82) is 0 Å².